The van der Waals surface area contributed by atoms with Gasteiger partial charge >= 0.3 is 0 Å². The number of anilines is 1. The van der Waals surface area contributed by atoms with Crippen molar-refractivity contribution in [3.05, 3.63) is 36.5 Å². The number of fused-ring (bicyclic) bond motifs is 1. The molecule has 0 radical (unpaired) electrons. The summed E-state index contributed by atoms with van der Waals surface area (Å²) in [7, 11) is 0. The Morgan fingerprint density at radius 3 is 2.86 bits per heavy atom. The van der Waals surface area contributed by atoms with E-state index in [4.69, 9.17) is 20.1 Å². The van der Waals surface area contributed by atoms with Crippen molar-refractivity contribution in [3.63, 3.8) is 0 Å². The van der Waals surface area contributed by atoms with Crippen molar-refractivity contribution >= 4 is 22.8 Å². The monoisotopic (exact) mass is 502 g/mol. The summed E-state index contributed by atoms with van der Waals surface area (Å²) in [5.41, 5.74) is 9.93. The third-order valence-electron chi connectivity index (χ3n) is 7.13. The van der Waals surface area contributed by atoms with Gasteiger partial charge in [-0.1, -0.05) is 18.1 Å². The molecule has 0 bridgehead atoms. The second-order valence-corrected chi connectivity index (χ2v) is 9.67. The van der Waals surface area contributed by atoms with Gasteiger partial charge in [0.2, 0.25) is 5.91 Å². The van der Waals surface area contributed by atoms with Gasteiger partial charge in [-0.25, -0.2) is 14.6 Å². The van der Waals surface area contributed by atoms with E-state index in [0.717, 1.165) is 49.1 Å². The minimum atomic E-state index is 0.0310. The summed E-state index contributed by atoms with van der Waals surface area (Å²) in [5, 5.41) is 13.0. The van der Waals surface area contributed by atoms with E-state index in [1.54, 1.807) is 6.20 Å². The SMILES string of the molecule is CCC(=O)NCCO[C@@H]1CC[C@@H](n2nc(-c3noc(C4CC4)c3-c3ccccn3)c3c(N)ncnc32)C1. The maximum atomic E-state index is 11.5. The van der Waals surface area contributed by atoms with Gasteiger partial charge in [-0.3, -0.25) is 9.78 Å². The molecule has 2 fully saturated rings. The Hall–Kier alpha value is -3.86. The quantitative estimate of drug-likeness (QED) is 0.327. The predicted molar refractivity (Wildman–Crippen MR) is 136 cm³/mol. The molecule has 0 unspecified atom stereocenters. The highest BCUT2D eigenvalue weighted by Crippen LogP contribution is 2.48. The summed E-state index contributed by atoms with van der Waals surface area (Å²) in [6.45, 7) is 2.83. The van der Waals surface area contributed by atoms with Crippen LogP contribution >= 0.6 is 0 Å². The summed E-state index contributed by atoms with van der Waals surface area (Å²) in [6, 6.07) is 5.90. The Kier molecular flexibility index (Phi) is 6.29. The Balaban J connectivity index is 1.32. The molecule has 37 heavy (non-hydrogen) atoms. The number of hydrogen-bond acceptors (Lipinski definition) is 9. The van der Waals surface area contributed by atoms with Crippen LogP contribution in [0.4, 0.5) is 5.82 Å². The van der Waals surface area contributed by atoms with Crippen LogP contribution in [-0.2, 0) is 9.53 Å². The molecule has 4 aromatic rings. The number of carbonyl (C=O) groups excluding carboxylic acids is 1. The van der Waals surface area contributed by atoms with Crippen LogP contribution < -0.4 is 11.1 Å². The average Bonchev–Trinajstić information content (AvgIpc) is 3.32. The second kappa shape index (κ2) is 9.89. The fourth-order valence-corrected chi connectivity index (χ4v) is 5.09. The van der Waals surface area contributed by atoms with Crippen molar-refractivity contribution in [2.24, 2.45) is 0 Å². The minimum Gasteiger partial charge on any atom is -0.383 e. The van der Waals surface area contributed by atoms with E-state index in [-0.39, 0.29) is 18.1 Å². The summed E-state index contributed by atoms with van der Waals surface area (Å²) < 4.78 is 13.9. The van der Waals surface area contributed by atoms with Crippen LogP contribution in [0.5, 0.6) is 0 Å². The Labute approximate surface area is 213 Å². The maximum absolute atomic E-state index is 11.5. The highest BCUT2D eigenvalue weighted by atomic mass is 16.5. The molecular formula is C26H30N8O3. The maximum Gasteiger partial charge on any atom is 0.219 e. The van der Waals surface area contributed by atoms with Crippen LogP contribution in [0.3, 0.4) is 0 Å². The number of ether oxygens (including phenoxy) is 1. The molecule has 0 saturated heterocycles. The van der Waals surface area contributed by atoms with E-state index in [9.17, 15) is 4.79 Å². The summed E-state index contributed by atoms with van der Waals surface area (Å²) in [6.07, 6.45) is 8.52. The molecule has 11 heteroatoms. The standard InChI is InChI=1S/C26H30N8O3/c1-2-19(35)29-11-12-36-17-9-8-16(13-17)34-26-21(25(27)30-14-31-26)22(32-34)23-20(18-5-3-4-10-28-18)24(37-33-23)15-6-7-15/h3-5,10,14-17H,2,6-9,11-13H2,1H3,(H,29,35)(H2,27,30,31)/t16-,17-/m1/s1. The molecule has 4 heterocycles. The van der Waals surface area contributed by atoms with E-state index in [1.165, 1.54) is 6.33 Å². The number of nitrogen functional groups attached to an aromatic ring is 1. The summed E-state index contributed by atoms with van der Waals surface area (Å²) in [4.78, 5) is 24.9. The number of amides is 1. The molecule has 1 amide bonds. The molecule has 6 rings (SSSR count). The molecule has 0 spiro atoms. The highest BCUT2D eigenvalue weighted by molar-refractivity contribution is 6.00. The number of nitrogens with zero attached hydrogens (tertiary/aromatic N) is 6. The third kappa shape index (κ3) is 4.55. The molecule has 0 aliphatic heterocycles. The predicted octanol–water partition coefficient (Wildman–Crippen LogP) is 3.64. The van der Waals surface area contributed by atoms with Crippen LogP contribution in [0.2, 0.25) is 0 Å². The van der Waals surface area contributed by atoms with Crippen LogP contribution in [0.15, 0.2) is 35.2 Å². The minimum absolute atomic E-state index is 0.0310. The van der Waals surface area contributed by atoms with Crippen LogP contribution in [0.1, 0.15) is 63.2 Å². The van der Waals surface area contributed by atoms with Gasteiger partial charge in [-0.2, -0.15) is 5.10 Å². The number of aromatic nitrogens is 6. The molecule has 0 aromatic carbocycles. The Morgan fingerprint density at radius 2 is 2.08 bits per heavy atom. The lowest BCUT2D eigenvalue weighted by molar-refractivity contribution is -0.121. The average molecular weight is 503 g/mol. The number of hydrogen-bond donors (Lipinski definition) is 2. The molecule has 4 aromatic heterocycles. The van der Waals surface area contributed by atoms with E-state index < -0.39 is 0 Å². The first-order valence-corrected chi connectivity index (χ1v) is 12.9. The number of carbonyl (C=O) groups is 1. The lowest BCUT2D eigenvalue weighted by atomic mass is 10.0. The number of pyridine rings is 1. The second-order valence-electron chi connectivity index (χ2n) is 9.67. The zero-order valence-corrected chi connectivity index (χ0v) is 20.8. The van der Waals surface area contributed by atoms with Gasteiger partial charge < -0.3 is 20.3 Å². The third-order valence-corrected chi connectivity index (χ3v) is 7.13. The topological polar surface area (TPSA) is 147 Å². The first-order valence-electron chi connectivity index (χ1n) is 12.9. The molecule has 2 atom stereocenters. The molecule has 3 N–H and O–H groups in total. The number of nitrogens with one attached hydrogen (secondary N) is 1. The van der Waals surface area contributed by atoms with Crippen LogP contribution in [0.25, 0.3) is 33.7 Å². The Bertz CT molecular complexity index is 1410. The zero-order valence-electron chi connectivity index (χ0n) is 20.8. The van der Waals surface area contributed by atoms with Crippen molar-refractivity contribution in [2.45, 2.75) is 63.5 Å². The number of nitrogens with two attached hydrogens (primary N) is 1. The van der Waals surface area contributed by atoms with Gasteiger partial charge in [-0.05, 0) is 44.2 Å². The van der Waals surface area contributed by atoms with Gasteiger partial charge in [0, 0.05) is 25.1 Å². The van der Waals surface area contributed by atoms with Crippen molar-refractivity contribution in [1.82, 2.24) is 35.2 Å². The normalized spacial score (nSPS) is 19.5. The first kappa shape index (κ1) is 23.5. The lowest BCUT2D eigenvalue weighted by Gasteiger charge is -2.14. The van der Waals surface area contributed by atoms with Gasteiger partial charge in [0.15, 0.2) is 5.65 Å². The molecule has 2 saturated carbocycles. The van der Waals surface area contributed by atoms with Crippen molar-refractivity contribution in [1.29, 1.82) is 0 Å². The van der Waals surface area contributed by atoms with E-state index >= 15 is 0 Å². The first-order chi connectivity index (χ1) is 18.1. The summed E-state index contributed by atoms with van der Waals surface area (Å²) in [5.74, 6) is 1.57. The zero-order chi connectivity index (χ0) is 25.4. The van der Waals surface area contributed by atoms with Gasteiger partial charge in [0.05, 0.1) is 35.4 Å². The van der Waals surface area contributed by atoms with E-state index in [0.29, 0.717) is 53.7 Å². The van der Waals surface area contributed by atoms with Gasteiger partial charge in [-0.15, -0.1) is 0 Å². The number of rotatable bonds is 9. The van der Waals surface area contributed by atoms with Crippen LogP contribution in [-0.4, -0.2) is 55.1 Å². The molecule has 192 valence electrons. The molecule has 2 aliphatic rings. The van der Waals surface area contributed by atoms with E-state index in [2.05, 4.69) is 25.4 Å². The highest BCUT2D eigenvalue weighted by Gasteiger charge is 2.36. The summed E-state index contributed by atoms with van der Waals surface area (Å²) >= 11 is 0. The molecule has 11 nitrogen and oxygen atoms in total. The van der Waals surface area contributed by atoms with E-state index in [1.807, 2.05) is 29.8 Å². The smallest absolute Gasteiger partial charge is 0.219 e. The van der Waals surface area contributed by atoms with Crippen molar-refractivity contribution in [2.75, 3.05) is 18.9 Å². The lowest BCUT2D eigenvalue weighted by Crippen LogP contribution is -2.27. The van der Waals surface area contributed by atoms with Crippen LogP contribution in [0, 0.1) is 0 Å². The molecular weight excluding hydrogens is 472 g/mol. The van der Waals surface area contributed by atoms with Gasteiger partial charge in [0.1, 0.15) is 29.3 Å². The van der Waals surface area contributed by atoms with Crippen molar-refractivity contribution < 1.29 is 14.1 Å². The Morgan fingerprint density at radius 1 is 1.19 bits per heavy atom. The largest absolute Gasteiger partial charge is 0.383 e. The fourth-order valence-electron chi connectivity index (χ4n) is 5.09. The van der Waals surface area contributed by atoms with Gasteiger partial charge in [0.25, 0.3) is 0 Å². The fraction of sp³-hybridized carbons (Fsp3) is 0.462. The van der Waals surface area contributed by atoms with Crippen molar-refractivity contribution in [3.8, 4) is 22.6 Å². The molecule has 2 aliphatic carbocycles.